The number of carbonyl (C=O) groups excluding carboxylic acids is 1. The summed E-state index contributed by atoms with van der Waals surface area (Å²) in [6.45, 7) is 0.396. The van der Waals surface area contributed by atoms with E-state index in [0.717, 1.165) is 6.42 Å². The van der Waals surface area contributed by atoms with Gasteiger partial charge in [0, 0.05) is 22.8 Å². The first-order valence-electron chi connectivity index (χ1n) is 8.16. The number of methoxy groups -OCH3 is 1. The van der Waals surface area contributed by atoms with Crippen LogP contribution in [0.1, 0.15) is 23.2 Å². The van der Waals surface area contributed by atoms with Crippen molar-refractivity contribution in [2.45, 2.75) is 12.8 Å². The number of amides is 1. The molecule has 1 aliphatic heterocycles. The monoisotopic (exact) mass is 394 g/mol. The summed E-state index contributed by atoms with van der Waals surface area (Å²) in [5.74, 6) is 0.247. The molecule has 2 aromatic rings. The van der Waals surface area contributed by atoms with Crippen molar-refractivity contribution in [2.75, 3.05) is 29.0 Å². The number of nitrogens with zero attached hydrogens (tertiary/aromatic N) is 1. The second kappa shape index (κ2) is 7.55. The average molecular weight is 395 g/mol. The number of benzene rings is 2. The van der Waals surface area contributed by atoms with E-state index in [1.165, 1.54) is 11.4 Å². The minimum absolute atomic E-state index is 0.109. The molecule has 26 heavy (non-hydrogen) atoms. The van der Waals surface area contributed by atoms with Gasteiger partial charge in [0.05, 0.1) is 18.6 Å². The van der Waals surface area contributed by atoms with Crippen LogP contribution in [0.2, 0.25) is 5.02 Å². The Kier molecular flexibility index (Phi) is 5.38. The van der Waals surface area contributed by atoms with Gasteiger partial charge in [-0.05, 0) is 55.3 Å². The summed E-state index contributed by atoms with van der Waals surface area (Å²) < 4.78 is 31.5. The molecule has 1 heterocycles. The Morgan fingerprint density at radius 3 is 2.54 bits per heavy atom. The summed E-state index contributed by atoms with van der Waals surface area (Å²) in [6.07, 6.45) is 1.43. The van der Waals surface area contributed by atoms with Gasteiger partial charge < -0.3 is 10.1 Å². The van der Waals surface area contributed by atoms with E-state index in [-0.39, 0.29) is 11.7 Å². The standard InChI is InChI=1S/C18H19ClN2O4S/c1-25-17-9-8-15(20-18(22)13-4-6-14(19)7-5-13)12-16(17)21-10-2-3-11-26(21,23)24/h4-9,12H,2-3,10-11H2,1H3,(H,20,22). The van der Waals surface area contributed by atoms with Crippen LogP contribution in [0.4, 0.5) is 11.4 Å². The Hall–Kier alpha value is -2.25. The van der Waals surface area contributed by atoms with Crippen molar-refractivity contribution >= 4 is 38.9 Å². The molecule has 0 spiro atoms. The van der Waals surface area contributed by atoms with Crippen LogP contribution in [-0.2, 0) is 10.0 Å². The molecule has 0 bridgehead atoms. The first-order valence-corrected chi connectivity index (χ1v) is 10.1. The zero-order valence-corrected chi connectivity index (χ0v) is 15.8. The van der Waals surface area contributed by atoms with E-state index in [1.807, 2.05) is 0 Å². The van der Waals surface area contributed by atoms with Crippen LogP contribution in [0, 0.1) is 0 Å². The quantitative estimate of drug-likeness (QED) is 0.860. The van der Waals surface area contributed by atoms with Gasteiger partial charge in [0.15, 0.2) is 0 Å². The number of ether oxygens (including phenoxy) is 1. The molecular weight excluding hydrogens is 376 g/mol. The maximum atomic E-state index is 12.4. The highest BCUT2D eigenvalue weighted by molar-refractivity contribution is 7.92. The summed E-state index contributed by atoms with van der Waals surface area (Å²) in [6, 6.07) is 11.5. The number of rotatable bonds is 4. The third kappa shape index (κ3) is 3.94. The molecule has 1 N–H and O–H groups in total. The Morgan fingerprint density at radius 1 is 1.15 bits per heavy atom. The van der Waals surface area contributed by atoms with E-state index in [9.17, 15) is 13.2 Å². The predicted octanol–water partition coefficient (Wildman–Crippen LogP) is 3.53. The summed E-state index contributed by atoms with van der Waals surface area (Å²) >= 11 is 5.84. The molecule has 0 saturated carbocycles. The molecule has 1 fully saturated rings. The maximum absolute atomic E-state index is 12.4. The van der Waals surface area contributed by atoms with Gasteiger partial charge in [-0.2, -0.15) is 0 Å². The van der Waals surface area contributed by atoms with Crippen LogP contribution >= 0.6 is 11.6 Å². The van der Waals surface area contributed by atoms with Crippen molar-refractivity contribution in [3.05, 3.63) is 53.1 Å². The molecule has 1 aliphatic rings. The number of halogens is 1. The van der Waals surface area contributed by atoms with Gasteiger partial charge in [0.25, 0.3) is 5.91 Å². The zero-order valence-electron chi connectivity index (χ0n) is 14.2. The van der Waals surface area contributed by atoms with Gasteiger partial charge in [0.2, 0.25) is 10.0 Å². The van der Waals surface area contributed by atoms with E-state index in [1.54, 1.807) is 42.5 Å². The second-order valence-electron chi connectivity index (χ2n) is 5.94. The minimum Gasteiger partial charge on any atom is -0.495 e. The third-order valence-corrected chi connectivity index (χ3v) is 6.27. The normalized spacial score (nSPS) is 16.2. The summed E-state index contributed by atoms with van der Waals surface area (Å²) in [7, 11) is -1.90. The fourth-order valence-electron chi connectivity index (χ4n) is 2.83. The van der Waals surface area contributed by atoms with E-state index in [2.05, 4.69) is 5.32 Å². The number of anilines is 2. The highest BCUT2D eigenvalue weighted by Gasteiger charge is 2.28. The van der Waals surface area contributed by atoms with Crippen LogP contribution in [0.25, 0.3) is 0 Å². The highest BCUT2D eigenvalue weighted by Crippen LogP contribution is 2.35. The molecule has 0 radical (unpaired) electrons. The Labute approximate surface area is 157 Å². The Morgan fingerprint density at radius 2 is 1.88 bits per heavy atom. The summed E-state index contributed by atoms with van der Waals surface area (Å²) in [4.78, 5) is 12.4. The topological polar surface area (TPSA) is 75.7 Å². The lowest BCUT2D eigenvalue weighted by Gasteiger charge is -2.29. The van der Waals surface area contributed by atoms with Crippen molar-refractivity contribution in [2.24, 2.45) is 0 Å². The fourth-order valence-corrected chi connectivity index (χ4v) is 4.59. The van der Waals surface area contributed by atoms with Gasteiger partial charge in [-0.1, -0.05) is 11.6 Å². The molecule has 0 aromatic heterocycles. The van der Waals surface area contributed by atoms with Gasteiger partial charge in [-0.15, -0.1) is 0 Å². The van der Waals surface area contributed by atoms with Gasteiger partial charge in [-0.3, -0.25) is 9.10 Å². The van der Waals surface area contributed by atoms with Crippen LogP contribution < -0.4 is 14.4 Å². The molecule has 8 heteroatoms. The van der Waals surface area contributed by atoms with Crippen LogP contribution in [0.5, 0.6) is 5.75 Å². The van der Waals surface area contributed by atoms with Crippen molar-refractivity contribution in [1.29, 1.82) is 0 Å². The minimum atomic E-state index is -3.39. The molecule has 1 amide bonds. The molecule has 0 unspecified atom stereocenters. The van der Waals surface area contributed by atoms with Crippen LogP contribution in [-0.4, -0.2) is 33.7 Å². The molecule has 0 atom stereocenters. The molecule has 138 valence electrons. The van der Waals surface area contributed by atoms with Gasteiger partial charge >= 0.3 is 0 Å². The average Bonchev–Trinajstić information content (AvgIpc) is 2.62. The number of carbonyl (C=O) groups is 1. The van der Waals surface area contributed by atoms with E-state index >= 15 is 0 Å². The predicted molar refractivity (Wildman–Crippen MR) is 103 cm³/mol. The molecular formula is C18H19ClN2O4S. The first kappa shape index (κ1) is 18.5. The van der Waals surface area contributed by atoms with Crippen LogP contribution in [0.3, 0.4) is 0 Å². The number of hydrogen-bond acceptors (Lipinski definition) is 4. The number of hydrogen-bond donors (Lipinski definition) is 1. The van der Waals surface area contributed by atoms with Crippen molar-refractivity contribution in [3.63, 3.8) is 0 Å². The lowest BCUT2D eigenvalue weighted by molar-refractivity contribution is 0.102. The number of sulfonamides is 1. The molecule has 6 nitrogen and oxygen atoms in total. The first-order chi connectivity index (χ1) is 12.4. The lowest BCUT2D eigenvalue weighted by atomic mass is 10.2. The van der Waals surface area contributed by atoms with Crippen molar-refractivity contribution in [1.82, 2.24) is 0 Å². The van der Waals surface area contributed by atoms with Gasteiger partial charge in [0.1, 0.15) is 5.75 Å². The van der Waals surface area contributed by atoms with Crippen molar-refractivity contribution < 1.29 is 17.9 Å². The van der Waals surface area contributed by atoms with Crippen molar-refractivity contribution in [3.8, 4) is 5.75 Å². The molecule has 1 saturated heterocycles. The summed E-state index contributed by atoms with van der Waals surface area (Å²) in [5.41, 5.74) is 1.37. The molecule has 2 aromatic carbocycles. The zero-order chi connectivity index (χ0) is 18.7. The molecule has 0 aliphatic carbocycles. The highest BCUT2D eigenvalue weighted by atomic mass is 35.5. The Balaban J connectivity index is 1.90. The van der Waals surface area contributed by atoms with E-state index < -0.39 is 10.0 Å². The largest absolute Gasteiger partial charge is 0.495 e. The smallest absolute Gasteiger partial charge is 0.255 e. The third-order valence-electron chi connectivity index (χ3n) is 4.16. The Bertz CT molecular complexity index is 913. The SMILES string of the molecule is COc1ccc(NC(=O)c2ccc(Cl)cc2)cc1N1CCCCS1(=O)=O. The fraction of sp³-hybridized carbons (Fsp3) is 0.278. The van der Waals surface area contributed by atoms with E-state index in [0.29, 0.717) is 40.7 Å². The van der Waals surface area contributed by atoms with Crippen LogP contribution in [0.15, 0.2) is 42.5 Å². The number of nitrogens with one attached hydrogen (secondary N) is 1. The van der Waals surface area contributed by atoms with E-state index in [4.69, 9.17) is 16.3 Å². The molecule has 3 rings (SSSR count). The van der Waals surface area contributed by atoms with Gasteiger partial charge in [-0.25, -0.2) is 8.42 Å². The summed E-state index contributed by atoms with van der Waals surface area (Å²) in [5, 5.41) is 3.32. The lowest BCUT2D eigenvalue weighted by Crippen LogP contribution is -2.38. The second-order valence-corrected chi connectivity index (χ2v) is 8.39. The maximum Gasteiger partial charge on any atom is 0.255 e.